The quantitative estimate of drug-likeness (QED) is 0.757. The Morgan fingerprint density at radius 2 is 2.31 bits per heavy atom. The fraction of sp³-hybridized carbons (Fsp3) is 0.333. The molecule has 0 amide bonds. The number of aromatic nitrogens is 2. The third-order valence-corrected chi connectivity index (χ3v) is 4.04. The second kappa shape index (κ2) is 3.56. The van der Waals surface area contributed by atoms with E-state index in [1.54, 1.807) is 16.0 Å². The van der Waals surface area contributed by atoms with Crippen LogP contribution in [0.15, 0.2) is 17.8 Å². The number of fused-ring (bicyclic) bond motifs is 1. The molecule has 2 aromatic heterocycles. The summed E-state index contributed by atoms with van der Waals surface area (Å²) in [5, 5.41) is 6.28. The topological polar surface area (TPSA) is 34.9 Å². The van der Waals surface area contributed by atoms with Crippen molar-refractivity contribution in [2.75, 3.05) is 0 Å². The van der Waals surface area contributed by atoms with Crippen LogP contribution in [-0.4, -0.2) is 15.6 Å². The third kappa shape index (κ3) is 1.41. The summed E-state index contributed by atoms with van der Waals surface area (Å²) in [6.07, 6.45) is 6.52. The predicted octanol–water partition coefficient (Wildman–Crippen LogP) is 2.67. The van der Waals surface area contributed by atoms with E-state index in [1.165, 1.54) is 5.56 Å². The van der Waals surface area contributed by atoms with Crippen molar-refractivity contribution in [3.63, 3.8) is 0 Å². The van der Waals surface area contributed by atoms with Gasteiger partial charge in [0.2, 0.25) is 0 Å². The summed E-state index contributed by atoms with van der Waals surface area (Å²) in [5.74, 6) is 0.293. The number of ketones is 1. The van der Waals surface area contributed by atoms with Crippen LogP contribution < -0.4 is 0 Å². The minimum atomic E-state index is 0.293. The van der Waals surface area contributed by atoms with Gasteiger partial charge in [-0.25, -0.2) is 0 Å². The Kier molecular flexibility index (Phi) is 2.17. The molecule has 0 radical (unpaired) electrons. The molecule has 0 spiro atoms. The minimum Gasteiger partial charge on any atom is -0.294 e. The SMILES string of the molecule is Cn1cc(-c2scc3c2C(=O)CCC3)cn1. The lowest BCUT2D eigenvalue weighted by molar-refractivity contribution is 0.0974. The first-order chi connectivity index (χ1) is 7.75. The molecule has 3 nitrogen and oxygen atoms in total. The number of hydrogen-bond acceptors (Lipinski definition) is 3. The average Bonchev–Trinajstić information content (AvgIpc) is 2.84. The molecular weight excluding hydrogens is 220 g/mol. The molecule has 0 atom stereocenters. The third-order valence-electron chi connectivity index (χ3n) is 2.96. The van der Waals surface area contributed by atoms with Crippen LogP contribution in [0.3, 0.4) is 0 Å². The molecule has 16 heavy (non-hydrogen) atoms. The molecule has 2 aromatic rings. The van der Waals surface area contributed by atoms with E-state index in [9.17, 15) is 4.79 Å². The summed E-state index contributed by atoms with van der Waals surface area (Å²) in [6.45, 7) is 0. The number of nitrogens with zero attached hydrogens (tertiary/aromatic N) is 2. The van der Waals surface area contributed by atoms with Crippen LogP contribution in [0.2, 0.25) is 0 Å². The zero-order valence-corrected chi connectivity index (χ0v) is 9.88. The largest absolute Gasteiger partial charge is 0.294 e. The molecule has 0 unspecified atom stereocenters. The second-order valence-corrected chi connectivity index (χ2v) is 5.02. The van der Waals surface area contributed by atoms with Crippen molar-refractivity contribution in [2.24, 2.45) is 7.05 Å². The lowest BCUT2D eigenvalue weighted by atomic mass is 9.92. The highest BCUT2D eigenvalue weighted by Crippen LogP contribution is 2.36. The molecule has 0 bridgehead atoms. The van der Waals surface area contributed by atoms with Gasteiger partial charge in [-0.15, -0.1) is 11.3 Å². The van der Waals surface area contributed by atoms with Gasteiger partial charge in [0.1, 0.15) is 0 Å². The lowest BCUT2D eigenvalue weighted by Gasteiger charge is -2.10. The molecule has 0 N–H and O–H groups in total. The van der Waals surface area contributed by atoms with Crippen LogP contribution in [0.1, 0.15) is 28.8 Å². The molecule has 2 heterocycles. The van der Waals surface area contributed by atoms with Crippen molar-refractivity contribution in [3.05, 3.63) is 28.9 Å². The van der Waals surface area contributed by atoms with Crippen molar-refractivity contribution < 1.29 is 4.79 Å². The molecule has 4 heteroatoms. The van der Waals surface area contributed by atoms with E-state index in [0.29, 0.717) is 12.2 Å². The molecule has 82 valence electrons. The Morgan fingerprint density at radius 3 is 3.06 bits per heavy atom. The van der Waals surface area contributed by atoms with E-state index in [-0.39, 0.29) is 0 Å². The Bertz CT molecular complexity index is 553. The van der Waals surface area contributed by atoms with Crippen LogP contribution in [-0.2, 0) is 13.5 Å². The van der Waals surface area contributed by atoms with Gasteiger partial charge in [-0.1, -0.05) is 0 Å². The lowest BCUT2D eigenvalue weighted by Crippen LogP contribution is -2.08. The van der Waals surface area contributed by atoms with Gasteiger partial charge in [-0.2, -0.15) is 5.10 Å². The molecule has 0 aliphatic heterocycles. The van der Waals surface area contributed by atoms with E-state index in [1.807, 2.05) is 19.4 Å². The first kappa shape index (κ1) is 9.78. The van der Waals surface area contributed by atoms with E-state index >= 15 is 0 Å². The van der Waals surface area contributed by atoms with Gasteiger partial charge >= 0.3 is 0 Å². The predicted molar refractivity (Wildman–Crippen MR) is 63.8 cm³/mol. The highest BCUT2D eigenvalue weighted by atomic mass is 32.1. The van der Waals surface area contributed by atoms with Crippen LogP contribution in [0.4, 0.5) is 0 Å². The highest BCUT2D eigenvalue weighted by molar-refractivity contribution is 7.14. The fourth-order valence-corrected chi connectivity index (χ4v) is 3.30. The number of aryl methyl sites for hydroxylation is 2. The van der Waals surface area contributed by atoms with Crippen LogP contribution in [0.25, 0.3) is 10.4 Å². The van der Waals surface area contributed by atoms with Gasteiger partial charge in [0, 0.05) is 35.7 Å². The van der Waals surface area contributed by atoms with Gasteiger partial charge in [-0.05, 0) is 23.8 Å². The first-order valence-corrected chi connectivity index (χ1v) is 6.26. The number of thiophene rings is 1. The Labute approximate surface area is 97.7 Å². The molecule has 0 aromatic carbocycles. The summed E-state index contributed by atoms with van der Waals surface area (Å²) >= 11 is 1.66. The van der Waals surface area contributed by atoms with Gasteiger partial charge in [-0.3, -0.25) is 9.48 Å². The first-order valence-electron chi connectivity index (χ1n) is 5.38. The standard InChI is InChI=1S/C12H12N2OS/c1-14-6-9(5-13-14)12-11-8(7-16-12)3-2-4-10(11)15/h5-7H,2-4H2,1H3. The van der Waals surface area contributed by atoms with Gasteiger partial charge in [0.25, 0.3) is 0 Å². The zero-order chi connectivity index (χ0) is 11.1. The van der Waals surface area contributed by atoms with Crippen molar-refractivity contribution in [3.8, 4) is 10.4 Å². The van der Waals surface area contributed by atoms with E-state index in [0.717, 1.165) is 28.8 Å². The Balaban J connectivity index is 2.15. The summed E-state index contributed by atoms with van der Waals surface area (Å²) in [6, 6.07) is 0. The second-order valence-electron chi connectivity index (χ2n) is 4.14. The van der Waals surface area contributed by atoms with E-state index in [4.69, 9.17) is 0 Å². The van der Waals surface area contributed by atoms with Gasteiger partial charge in [0.05, 0.1) is 6.20 Å². The Hall–Kier alpha value is -1.42. The van der Waals surface area contributed by atoms with Crippen LogP contribution >= 0.6 is 11.3 Å². The van der Waals surface area contributed by atoms with Gasteiger partial charge < -0.3 is 0 Å². The van der Waals surface area contributed by atoms with Crippen molar-refractivity contribution in [2.45, 2.75) is 19.3 Å². The monoisotopic (exact) mass is 232 g/mol. The highest BCUT2D eigenvalue weighted by Gasteiger charge is 2.23. The van der Waals surface area contributed by atoms with Gasteiger partial charge in [0.15, 0.2) is 5.78 Å². The van der Waals surface area contributed by atoms with Crippen molar-refractivity contribution >= 4 is 17.1 Å². The Morgan fingerprint density at radius 1 is 1.44 bits per heavy atom. The minimum absolute atomic E-state index is 0.293. The normalized spacial score (nSPS) is 15.2. The van der Waals surface area contributed by atoms with E-state index < -0.39 is 0 Å². The van der Waals surface area contributed by atoms with Crippen LogP contribution in [0.5, 0.6) is 0 Å². The van der Waals surface area contributed by atoms with Crippen LogP contribution in [0, 0.1) is 0 Å². The molecule has 0 fully saturated rings. The molecule has 1 aliphatic rings. The summed E-state index contributed by atoms with van der Waals surface area (Å²) < 4.78 is 1.77. The molecule has 3 rings (SSSR count). The molecular formula is C12H12N2OS. The fourth-order valence-electron chi connectivity index (χ4n) is 2.20. The molecule has 0 saturated carbocycles. The maximum absolute atomic E-state index is 11.9. The number of hydrogen-bond donors (Lipinski definition) is 0. The molecule has 0 saturated heterocycles. The maximum atomic E-state index is 11.9. The maximum Gasteiger partial charge on any atom is 0.164 e. The van der Waals surface area contributed by atoms with Crippen molar-refractivity contribution in [1.29, 1.82) is 0 Å². The number of carbonyl (C=O) groups is 1. The number of Topliss-reactive ketones (excluding diaryl/α,β-unsaturated/α-hetero) is 1. The average molecular weight is 232 g/mol. The van der Waals surface area contributed by atoms with E-state index in [2.05, 4.69) is 10.5 Å². The van der Waals surface area contributed by atoms with Crippen molar-refractivity contribution in [1.82, 2.24) is 9.78 Å². The smallest absolute Gasteiger partial charge is 0.164 e. The summed E-state index contributed by atoms with van der Waals surface area (Å²) in [7, 11) is 1.89. The number of carbonyl (C=O) groups excluding carboxylic acids is 1. The summed E-state index contributed by atoms with van der Waals surface area (Å²) in [4.78, 5) is 13.0. The molecule has 1 aliphatic carbocycles. The zero-order valence-electron chi connectivity index (χ0n) is 9.06. The number of rotatable bonds is 1. The summed E-state index contributed by atoms with van der Waals surface area (Å²) in [5.41, 5.74) is 3.23.